The van der Waals surface area contributed by atoms with E-state index in [0.29, 0.717) is 5.75 Å². The van der Waals surface area contributed by atoms with Crippen LogP contribution in [0.4, 0.5) is 0 Å². The second-order valence-electron chi connectivity index (χ2n) is 4.04. The van der Waals surface area contributed by atoms with Crippen LogP contribution in [0.1, 0.15) is 12.5 Å². The molecule has 0 fully saturated rings. The summed E-state index contributed by atoms with van der Waals surface area (Å²) in [5.41, 5.74) is 3.49. The van der Waals surface area contributed by atoms with Crippen LogP contribution in [0, 0.1) is 6.92 Å². The smallest absolute Gasteiger partial charge is 0.284 e. The van der Waals surface area contributed by atoms with Crippen molar-refractivity contribution in [2.24, 2.45) is 0 Å². The first kappa shape index (κ1) is 12.3. The Kier molecular flexibility index (Phi) is 3.43. The number of carbonyl (C=O) groups is 1. The Morgan fingerprint density at radius 2 is 2.22 bits per heavy atom. The van der Waals surface area contributed by atoms with E-state index in [0.717, 1.165) is 16.5 Å². The number of amides is 1. The molecule has 5 nitrogen and oxygen atoms in total. The third-order valence-electron chi connectivity index (χ3n) is 2.72. The lowest BCUT2D eigenvalue weighted by atomic mass is 10.1. The number of carbonyl (C=O) groups excluding carboxylic acids is 1. The van der Waals surface area contributed by atoms with E-state index in [2.05, 4.69) is 4.98 Å². The highest BCUT2D eigenvalue weighted by molar-refractivity contribution is 5.83. The van der Waals surface area contributed by atoms with Crippen molar-refractivity contribution < 1.29 is 14.7 Å². The van der Waals surface area contributed by atoms with Crippen molar-refractivity contribution in [1.82, 2.24) is 10.5 Å². The SMILES string of the molecule is Cc1ccnc2cc(OC(C)C(=O)NO)ccc12. The van der Waals surface area contributed by atoms with Gasteiger partial charge in [-0.15, -0.1) is 0 Å². The van der Waals surface area contributed by atoms with Gasteiger partial charge in [-0.2, -0.15) is 0 Å². The quantitative estimate of drug-likeness (QED) is 0.640. The van der Waals surface area contributed by atoms with Crippen molar-refractivity contribution in [3.8, 4) is 5.75 Å². The normalized spacial score (nSPS) is 12.2. The van der Waals surface area contributed by atoms with Gasteiger partial charge in [-0.1, -0.05) is 0 Å². The minimum atomic E-state index is -0.766. The molecule has 0 aliphatic rings. The standard InChI is InChI=1S/C13H14N2O3/c1-8-5-6-14-12-7-10(3-4-11(8)12)18-9(2)13(16)15-17/h3-7,9,17H,1-2H3,(H,15,16). The Labute approximate surface area is 104 Å². The van der Waals surface area contributed by atoms with E-state index in [-0.39, 0.29) is 0 Å². The van der Waals surface area contributed by atoms with Gasteiger partial charge in [0.25, 0.3) is 5.91 Å². The molecule has 1 aromatic heterocycles. The average Bonchev–Trinajstić information content (AvgIpc) is 2.38. The number of rotatable bonds is 3. The summed E-state index contributed by atoms with van der Waals surface area (Å²) in [6.07, 6.45) is 0.961. The van der Waals surface area contributed by atoms with Crippen LogP contribution in [-0.4, -0.2) is 22.2 Å². The molecular formula is C13H14N2O3. The molecule has 0 aliphatic heterocycles. The van der Waals surface area contributed by atoms with Gasteiger partial charge in [-0.25, -0.2) is 5.48 Å². The Hall–Kier alpha value is -2.14. The van der Waals surface area contributed by atoms with Crippen LogP contribution in [0.3, 0.4) is 0 Å². The van der Waals surface area contributed by atoms with E-state index in [4.69, 9.17) is 9.94 Å². The summed E-state index contributed by atoms with van der Waals surface area (Å²) < 4.78 is 5.40. The minimum Gasteiger partial charge on any atom is -0.481 e. The zero-order valence-electron chi connectivity index (χ0n) is 10.2. The molecule has 1 aromatic carbocycles. The van der Waals surface area contributed by atoms with Crippen molar-refractivity contribution >= 4 is 16.8 Å². The van der Waals surface area contributed by atoms with Gasteiger partial charge >= 0.3 is 0 Å². The average molecular weight is 246 g/mol. The second kappa shape index (κ2) is 5.01. The molecule has 0 saturated heterocycles. The highest BCUT2D eigenvalue weighted by Gasteiger charge is 2.13. The number of hydroxylamine groups is 1. The third-order valence-corrected chi connectivity index (χ3v) is 2.72. The van der Waals surface area contributed by atoms with Gasteiger partial charge < -0.3 is 4.74 Å². The van der Waals surface area contributed by atoms with Crippen LogP contribution >= 0.6 is 0 Å². The molecule has 0 spiro atoms. The molecule has 2 aromatic rings. The van der Waals surface area contributed by atoms with Crippen molar-refractivity contribution in [3.63, 3.8) is 0 Å². The summed E-state index contributed by atoms with van der Waals surface area (Å²) in [6, 6.07) is 7.38. The van der Waals surface area contributed by atoms with E-state index in [1.165, 1.54) is 0 Å². The van der Waals surface area contributed by atoms with Crippen molar-refractivity contribution in [1.29, 1.82) is 0 Å². The Balaban J connectivity index is 2.28. The van der Waals surface area contributed by atoms with Crippen LogP contribution in [0.2, 0.25) is 0 Å². The zero-order chi connectivity index (χ0) is 13.1. The number of hydrogen-bond acceptors (Lipinski definition) is 4. The van der Waals surface area contributed by atoms with Crippen LogP contribution in [0.5, 0.6) is 5.75 Å². The van der Waals surface area contributed by atoms with Crippen LogP contribution in [-0.2, 0) is 4.79 Å². The first-order chi connectivity index (χ1) is 8.61. The third kappa shape index (κ3) is 2.41. The summed E-state index contributed by atoms with van der Waals surface area (Å²) in [4.78, 5) is 15.4. The summed E-state index contributed by atoms with van der Waals surface area (Å²) in [5, 5.41) is 9.54. The number of nitrogens with one attached hydrogen (secondary N) is 1. The fraction of sp³-hybridized carbons (Fsp3) is 0.231. The van der Waals surface area contributed by atoms with Gasteiger partial charge in [0, 0.05) is 17.6 Å². The Morgan fingerprint density at radius 1 is 1.44 bits per heavy atom. The molecule has 0 aliphatic carbocycles. The lowest BCUT2D eigenvalue weighted by Gasteiger charge is -2.13. The molecule has 1 amide bonds. The van der Waals surface area contributed by atoms with Crippen LogP contribution in [0.25, 0.3) is 10.9 Å². The number of fused-ring (bicyclic) bond motifs is 1. The first-order valence-electron chi connectivity index (χ1n) is 5.58. The molecule has 5 heteroatoms. The number of benzene rings is 1. The largest absolute Gasteiger partial charge is 0.481 e. The highest BCUT2D eigenvalue weighted by Crippen LogP contribution is 2.22. The number of pyridine rings is 1. The summed E-state index contributed by atoms with van der Waals surface area (Å²) in [6.45, 7) is 3.56. The molecule has 0 radical (unpaired) electrons. The van der Waals surface area contributed by atoms with E-state index in [9.17, 15) is 4.79 Å². The van der Waals surface area contributed by atoms with Crippen molar-refractivity contribution in [2.75, 3.05) is 0 Å². The van der Waals surface area contributed by atoms with Crippen LogP contribution in [0.15, 0.2) is 30.5 Å². The molecular weight excluding hydrogens is 232 g/mol. The Morgan fingerprint density at radius 3 is 2.94 bits per heavy atom. The lowest BCUT2D eigenvalue weighted by Crippen LogP contribution is -2.34. The summed E-state index contributed by atoms with van der Waals surface area (Å²) in [5.74, 6) is -0.0519. The summed E-state index contributed by atoms with van der Waals surface area (Å²) >= 11 is 0. The molecule has 1 heterocycles. The number of hydrogen-bond donors (Lipinski definition) is 2. The predicted molar refractivity (Wildman–Crippen MR) is 66.5 cm³/mol. The molecule has 0 bridgehead atoms. The van der Waals surface area contributed by atoms with E-state index in [1.54, 1.807) is 30.7 Å². The van der Waals surface area contributed by atoms with Crippen molar-refractivity contribution in [3.05, 3.63) is 36.0 Å². The maximum atomic E-state index is 11.1. The molecule has 0 saturated carbocycles. The fourth-order valence-electron chi connectivity index (χ4n) is 1.69. The predicted octanol–water partition coefficient (Wildman–Crippen LogP) is 1.82. The topological polar surface area (TPSA) is 71.5 Å². The molecule has 94 valence electrons. The van der Waals surface area contributed by atoms with E-state index < -0.39 is 12.0 Å². The van der Waals surface area contributed by atoms with Crippen molar-refractivity contribution in [2.45, 2.75) is 20.0 Å². The number of aryl methyl sites for hydroxylation is 1. The second-order valence-corrected chi connectivity index (χ2v) is 4.04. The fourth-order valence-corrected chi connectivity index (χ4v) is 1.69. The molecule has 1 atom stereocenters. The zero-order valence-corrected chi connectivity index (χ0v) is 10.2. The molecule has 2 N–H and O–H groups in total. The minimum absolute atomic E-state index is 0.539. The molecule has 18 heavy (non-hydrogen) atoms. The monoisotopic (exact) mass is 246 g/mol. The van der Waals surface area contributed by atoms with Gasteiger partial charge in [0.15, 0.2) is 6.10 Å². The highest BCUT2D eigenvalue weighted by atomic mass is 16.5. The maximum absolute atomic E-state index is 11.1. The first-order valence-corrected chi connectivity index (χ1v) is 5.58. The van der Waals surface area contributed by atoms with Gasteiger partial charge in [0.2, 0.25) is 0 Å². The van der Waals surface area contributed by atoms with Gasteiger partial charge in [0.05, 0.1) is 5.52 Å². The number of ether oxygens (including phenoxy) is 1. The maximum Gasteiger partial charge on any atom is 0.284 e. The van der Waals surface area contributed by atoms with Crippen LogP contribution < -0.4 is 10.2 Å². The molecule has 1 unspecified atom stereocenters. The van der Waals surface area contributed by atoms with E-state index in [1.807, 2.05) is 19.1 Å². The van der Waals surface area contributed by atoms with Gasteiger partial charge in [0.1, 0.15) is 5.75 Å². The van der Waals surface area contributed by atoms with Gasteiger partial charge in [-0.05, 0) is 37.6 Å². The molecule has 2 rings (SSSR count). The lowest BCUT2D eigenvalue weighted by molar-refractivity contribution is -0.135. The summed E-state index contributed by atoms with van der Waals surface area (Å²) in [7, 11) is 0. The van der Waals surface area contributed by atoms with Gasteiger partial charge in [-0.3, -0.25) is 15.0 Å². The van der Waals surface area contributed by atoms with E-state index >= 15 is 0 Å². The number of nitrogens with zero attached hydrogens (tertiary/aromatic N) is 1. The Bertz CT molecular complexity index is 583. The number of aromatic nitrogens is 1.